The van der Waals surface area contributed by atoms with Gasteiger partial charge in [0, 0.05) is 0 Å². The van der Waals surface area contributed by atoms with Gasteiger partial charge < -0.3 is 9.47 Å². The maximum absolute atomic E-state index is 12.0. The zero-order valence-corrected chi connectivity index (χ0v) is 14.7. The largest absolute Gasteiger partial charge is 0.453 e. The second-order valence-electron chi connectivity index (χ2n) is 6.46. The van der Waals surface area contributed by atoms with Crippen molar-refractivity contribution < 1.29 is 19.1 Å². The Hall–Kier alpha value is -2.36. The van der Waals surface area contributed by atoms with E-state index in [-0.39, 0.29) is 18.5 Å². The SMILES string of the molecule is CCC(C)C(=O)OCC(=O)OC(C)(C)c1ccc2ccccc2c1. The molecule has 2 rings (SSSR count). The van der Waals surface area contributed by atoms with Gasteiger partial charge in [-0.2, -0.15) is 0 Å². The summed E-state index contributed by atoms with van der Waals surface area (Å²) in [6.07, 6.45) is 0.677. The predicted octanol–water partition coefficient (Wildman–Crippen LogP) is 4.21. The molecule has 4 nitrogen and oxygen atoms in total. The normalized spacial score (nSPS) is 12.7. The Morgan fingerprint density at radius 3 is 2.42 bits per heavy atom. The third kappa shape index (κ3) is 4.34. The molecule has 1 unspecified atom stereocenters. The lowest BCUT2D eigenvalue weighted by molar-refractivity contribution is -0.169. The first-order chi connectivity index (χ1) is 11.3. The van der Waals surface area contributed by atoms with Crippen molar-refractivity contribution in [2.45, 2.75) is 39.7 Å². The first-order valence-electron chi connectivity index (χ1n) is 8.21. The Bertz CT molecular complexity index is 733. The molecule has 128 valence electrons. The van der Waals surface area contributed by atoms with E-state index in [9.17, 15) is 9.59 Å². The lowest BCUT2D eigenvalue weighted by Gasteiger charge is -2.26. The van der Waals surface area contributed by atoms with Crippen LogP contribution in [0.2, 0.25) is 0 Å². The Labute approximate surface area is 142 Å². The summed E-state index contributed by atoms with van der Waals surface area (Å²) < 4.78 is 10.5. The van der Waals surface area contributed by atoms with Crippen molar-refractivity contribution in [1.82, 2.24) is 0 Å². The molecule has 0 aliphatic carbocycles. The highest BCUT2D eigenvalue weighted by Crippen LogP contribution is 2.28. The molecule has 2 aromatic carbocycles. The zero-order valence-electron chi connectivity index (χ0n) is 14.7. The topological polar surface area (TPSA) is 52.6 Å². The van der Waals surface area contributed by atoms with Crippen LogP contribution in [-0.4, -0.2) is 18.5 Å². The number of esters is 2. The van der Waals surface area contributed by atoms with Gasteiger partial charge in [-0.25, -0.2) is 4.79 Å². The molecule has 0 N–H and O–H groups in total. The van der Waals surface area contributed by atoms with Gasteiger partial charge in [-0.3, -0.25) is 4.79 Å². The third-order valence-corrected chi connectivity index (χ3v) is 4.16. The van der Waals surface area contributed by atoms with E-state index in [0.717, 1.165) is 16.3 Å². The number of fused-ring (bicyclic) bond motifs is 1. The van der Waals surface area contributed by atoms with Gasteiger partial charge in [0.2, 0.25) is 0 Å². The molecule has 1 atom stereocenters. The third-order valence-electron chi connectivity index (χ3n) is 4.16. The van der Waals surface area contributed by atoms with E-state index in [1.54, 1.807) is 6.92 Å². The second-order valence-corrected chi connectivity index (χ2v) is 6.46. The summed E-state index contributed by atoms with van der Waals surface area (Å²) in [5.74, 6) is -1.14. The van der Waals surface area contributed by atoms with Gasteiger partial charge in [0.25, 0.3) is 0 Å². The fourth-order valence-corrected chi connectivity index (χ4v) is 2.38. The van der Waals surface area contributed by atoms with Gasteiger partial charge in [0.05, 0.1) is 5.92 Å². The van der Waals surface area contributed by atoms with Crippen LogP contribution in [0, 0.1) is 5.92 Å². The van der Waals surface area contributed by atoms with Crippen LogP contribution in [0.3, 0.4) is 0 Å². The molecule has 0 aliphatic heterocycles. The van der Waals surface area contributed by atoms with Gasteiger partial charge in [-0.05, 0) is 42.7 Å². The van der Waals surface area contributed by atoms with Crippen LogP contribution in [0.4, 0.5) is 0 Å². The summed E-state index contributed by atoms with van der Waals surface area (Å²) in [7, 11) is 0. The molecule has 0 fully saturated rings. The standard InChI is InChI=1S/C20H24O4/c1-5-14(2)19(22)23-13-18(21)24-20(3,4)17-11-10-15-8-6-7-9-16(15)12-17/h6-12,14H,5,13H2,1-4H3. The molecule has 0 aromatic heterocycles. The van der Waals surface area contributed by atoms with Crippen LogP contribution in [0.5, 0.6) is 0 Å². The van der Waals surface area contributed by atoms with Gasteiger partial charge in [-0.15, -0.1) is 0 Å². The van der Waals surface area contributed by atoms with Gasteiger partial charge in [-0.1, -0.05) is 50.2 Å². The number of ether oxygens (including phenoxy) is 2. The molecule has 0 spiro atoms. The Morgan fingerprint density at radius 1 is 1.08 bits per heavy atom. The Morgan fingerprint density at radius 2 is 1.75 bits per heavy atom. The molecule has 0 bridgehead atoms. The van der Waals surface area contributed by atoms with Crippen molar-refractivity contribution in [3.8, 4) is 0 Å². The molecular formula is C20H24O4. The van der Waals surface area contributed by atoms with E-state index in [4.69, 9.17) is 9.47 Å². The smallest absolute Gasteiger partial charge is 0.345 e. The number of carbonyl (C=O) groups excluding carboxylic acids is 2. The van der Waals surface area contributed by atoms with Crippen molar-refractivity contribution in [3.63, 3.8) is 0 Å². The van der Waals surface area contributed by atoms with Crippen LogP contribution >= 0.6 is 0 Å². The summed E-state index contributed by atoms with van der Waals surface area (Å²) >= 11 is 0. The lowest BCUT2D eigenvalue weighted by atomic mass is 9.95. The molecule has 0 saturated heterocycles. The minimum atomic E-state index is -0.802. The minimum Gasteiger partial charge on any atom is -0.453 e. The van der Waals surface area contributed by atoms with Crippen LogP contribution in [0.1, 0.15) is 39.7 Å². The highest BCUT2D eigenvalue weighted by Gasteiger charge is 2.26. The molecule has 4 heteroatoms. The number of carbonyl (C=O) groups is 2. The van der Waals surface area contributed by atoms with Crippen LogP contribution < -0.4 is 0 Å². The maximum atomic E-state index is 12.0. The molecule has 24 heavy (non-hydrogen) atoms. The Balaban J connectivity index is 2.03. The van der Waals surface area contributed by atoms with Crippen LogP contribution in [0.15, 0.2) is 42.5 Å². The highest BCUT2D eigenvalue weighted by molar-refractivity contribution is 5.83. The number of benzene rings is 2. The van der Waals surface area contributed by atoms with Gasteiger partial charge >= 0.3 is 11.9 Å². The zero-order chi connectivity index (χ0) is 17.7. The van der Waals surface area contributed by atoms with E-state index in [1.165, 1.54) is 0 Å². The van der Waals surface area contributed by atoms with E-state index < -0.39 is 11.6 Å². The average Bonchev–Trinajstić information content (AvgIpc) is 2.58. The highest BCUT2D eigenvalue weighted by atomic mass is 16.6. The predicted molar refractivity (Wildman–Crippen MR) is 93.5 cm³/mol. The van der Waals surface area contributed by atoms with E-state index >= 15 is 0 Å². The van der Waals surface area contributed by atoms with Gasteiger partial charge in [0.15, 0.2) is 6.61 Å². The van der Waals surface area contributed by atoms with Crippen molar-refractivity contribution in [2.75, 3.05) is 6.61 Å². The first kappa shape index (κ1) is 18.0. The monoisotopic (exact) mass is 328 g/mol. The number of hydrogen-bond acceptors (Lipinski definition) is 4. The van der Waals surface area contributed by atoms with E-state index in [0.29, 0.717) is 6.42 Å². The second kappa shape index (κ2) is 7.47. The molecule has 0 heterocycles. The van der Waals surface area contributed by atoms with Crippen LogP contribution in [-0.2, 0) is 24.7 Å². The maximum Gasteiger partial charge on any atom is 0.345 e. The number of rotatable bonds is 6. The first-order valence-corrected chi connectivity index (χ1v) is 8.21. The van der Waals surface area contributed by atoms with Crippen molar-refractivity contribution in [2.24, 2.45) is 5.92 Å². The minimum absolute atomic E-state index is 0.216. The summed E-state index contributed by atoms with van der Waals surface area (Å²) in [6, 6.07) is 14.0. The summed E-state index contributed by atoms with van der Waals surface area (Å²) in [5, 5.41) is 2.22. The molecule has 0 saturated carbocycles. The van der Waals surface area contributed by atoms with Gasteiger partial charge in [0.1, 0.15) is 5.60 Å². The Kier molecular flexibility index (Phi) is 5.60. The average molecular weight is 328 g/mol. The lowest BCUT2D eigenvalue weighted by Crippen LogP contribution is -2.29. The molecule has 0 amide bonds. The summed E-state index contributed by atoms with van der Waals surface area (Å²) in [4.78, 5) is 23.6. The van der Waals surface area contributed by atoms with Crippen molar-refractivity contribution >= 4 is 22.7 Å². The molecule has 0 aliphatic rings. The summed E-state index contributed by atoms with van der Waals surface area (Å²) in [6.45, 7) is 6.96. The number of hydrogen-bond donors (Lipinski definition) is 0. The van der Waals surface area contributed by atoms with E-state index in [2.05, 4.69) is 0 Å². The van der Waals surface area contributed by atoms with E-state index in [1.807, 2.05) is 63.2 Å². The quantitative estimate of drug-likeness (QED) is 0.746. The molecular weight excluding hydrogens is 304 g/mol. The van der Waals surface area contributed by atoms with Crippen molar-refractivity contribution in [1.29, 1.82) is 0 Å². The van der Waals surface area contributed by atoms with Crippen LogP contribution in [0.25, 0.3) is 10.8 Å². The fourth-order valence-electron chi connectivity index (χ4n) is 2.38. The summed E-state index contributed by atoms with van der Waals surface area (Å²) in [5.41, 5.74) is 0.0898. The fraction of sp³-hybridized carbons (Fsp3) is 0.400. The van der Waals surface area contributed by atoms with Crippen molar-refractivity contribution in [3.05, 3.63) is 48.0 Å². The molecule has 2 aromatic rings. The molecule has 0 radical (unpaired) electrons.